The average molecular weight is 273 g/mol. The molecule has 0 aliphatic rings. The topological polar surface area (TPSA) is 78.9 Å². The fourth-order valence-electron chi connectivity index (χ4n) is 1.96. The highest BCUT2D eigenvalue weighted by Gasteiger charge is 2.13. The normalized spacial score (nSPS) is 10.9. The van der Waals surface area contributed by atoms with Gasteiger partial charge in [0.05, 0.1) is 6.20 Å². The maximum absolute atomic E-state index is 13.7. The molecule has 0 unspecified atom stereocenters. The molecule has 0 aliphatic heterocycles. The van der Waals surface area contributed by atoms with E-state index < -0.39 is 5.82 Å². The number of aromatic nitrogens is 4. The van der Waals surface area contributed by atoms with Crippen LogP contribution < -0.4 is 10.5 Å². The zero-order valence-electron chi connectivity index (χ0n) is 10.7. The number of hydrogen-bond acceptors (Lipinski definition) is 5. The first kappa shape index (κ1) is 12.5. The second-order valence-corrected chi connectivity index (χ2v) is 4.21. The van der Waals surface area contributed by atoms with Crippen LogP contribution in [-0.2, 0) is 13.6 Å². The number of aryl methyl sites for hydroxylation is 1. The molecule has 0 amide bonds. The Labute approximate surface area is 114 Å². The lowest BCUT2D eigenvalue weighted by molar-refractivity contribution is 0.454. The molecule has 0 saturated heterocycles. The molecule has 0 saturated carbocycles. The van der Waals surface area contributed by atoms with Crippen molar-refractivity contribution in [1.82, 2.24) is 19.7 Å². The van der Waals surface area contributed by atoms with Gasteiger partial charge in [-0.3, -0.25) is 4.68 Å². The van der Waals surface area contributed by atoms with Gasteiger partial charge in [0.15, 0.2) is 5.65 Å². The smallest absolute Gasteiger partial charge is 0.233 e. The number of halogens is 1. The highest BCUT2D eigenvalue weighted by Crippen LogP contribution is 2.29. The molecule has 2 heterocycles. The van der Waals surface area contributed by atoms with Gasteiger partial charge < -0.3 is 10.5 Å². The Balaban J connectivity index is 2.08. The predicted octanol–water partition coefficient (Wildman–Crippen LogP) is 1.75. The van der Waals surface area contributed by atoms with Crippen molar-refractivity contribution in [3.05, 3.63) is 42.1 Å². The molecule has 0 atom stereocenters. The first-order valence-corrected chi connectivity index (χ1v) is 5.98. The quantitative estimate of drug-likeness (QED) is 0.786. The molecular formula is C13H12FN5O. The van der Waals surface area contributed by atoms with Gasteiger partial charge in [-0.05, 0) is 12.1 Å². The minimum Gasteiger partial charge on any atom is -0.438 e. The minimum absolute atomic E-state index is 0.0449. The van der Waals surface area contributed by atoms with Gasteiger partial charge in [0.2, 0.25) is 5.88 Å². The summed E-state index contributed by atoms with van der Waals surface area (Å²) in [5, 5.41) is 4.75. The molecule has 20 heavy (non-hydrogen) atoms. The molecule has 7 heteroatoms. The molecule has 0 spiro atoms. The van der Waals surface area contributed by atoms with E-state index in [0.717, 1.165) is 0 Å². The summed E-state index contributed by atoms with van der Waals surface area (Å²) in [6, 6.07) is 4.55. The molecule has 6 nitrogen and oxygen atoms in total. The molecule has 2 N–H and O–H groups in total. The number of rotatable bonds is 3. The summed E-state index contributed by atoms with van der Waals surface area (Å²) < 4.78 is 21.0. The summed E-state index contributed by atoms with van der Waals surface area (Å²) >= 11 is 0. The third-order valence-electron chi connectivity index (χ3n) is 2.98. The number of nitrogens with two attached hydrogens (primary N) is 1. The lowest BCUT2D eigenvalue weighted by atomic mass is 10.2. The van der Waals surface area contributed by atoms with E-state index >= 15 is 0 Å². The van der Waals surface area contributed by atoms with Crippen LogP contribution in [0.2, 0.25) is 0 Å². The predicted molar refractivity (Wildman–Crippen MR) is 70.7 cm³/mol. The number of nitrogens with zero attached hydrogens (tertiary/aromatic N) is 4. The van der Waals surface area contributed by atoms with Gasteiger partial charge in [-0.25, -0.2) is 14.4 Å². The van der Waals surface area contributed by atoms with E-state index in [0.29, 0.717) is 28.2 Å². The molecule has 0 radical (unpaired) electrons. The fraction of sp³-hybridized carbons (Fsp3) is 0.154. The van der Waals surface area contributed by atoms with Crippen molar-refractivity contribution in [1.29, 1.82) is 0 Å². The summed E-state index contributed by atoms with van der Waals surface area (Å²) in [7, 11) is 1.77. The highest BCUT2D eigenvalue weighted by molar-refractivity contribution is 5.79. The van der Waals surface area contributed by atoms with Crippen LogP contribution >= 0.6 is 0 Å². The van der Waals surface area contributed by atoms with Crippen molar-refractivity contribution in [2.24, 2.45) is 12.8 Å². The largest absolute Gasteiger partial charge is 0.438 e. The van der Waals surface area contributed by atoms with Gasteiger partial charge in [0, 0.05) is 19.2 Å². The van der Waals surface area contributed by atoms with Crippen molar-refractivity contribution in [2.75, 3.05) is 0 Å². The summed E-state index contributed by atoms with van der Waals surface area (Å²) in [5.41, 5.74) is 6.50. The van der Waals surface area contributed by atoms with Gasteiger partial charge in [0.25, 0.3) is 0 Å². The van der Waals surface area contributed by atoms with E-state index in [1.807, 2.05) is 0 Å². The molecule has 0 bridgehead atoms. The lowest BCUT2D eigenvalue weighted by Crippen LogP contribution is -2.03. The van der Waals surface area contributed by atoms with E-state index in [9.17, 15) is 4.39 Å². The van der Waals surface area contributed by atoms with Crippen LogP contribution in [0.1, 0.15) is 5.56 Å². The van der Waals surface area contributed by atoms with Crippen molar-refractivity contribution in [2.45, 2.75) is 6.54 Å². The number of hydrogen-bond donors (Lipinski definition) is 1. The van der Waals surface area contributed by atoms with Crippen LogP contribution in [-0.4, -0.2) is 19.7 Å². The Morgan fingerprint density at radius 3 is 3.00 bits per heavy atom. The Morgan fingerprint density at radius 2 is 2.20 bits per heavy atom. The van der Waals surface area contributed by atoms with Gasteiger partial charge in [-0.15, -0.1) is 0 Å². The van der Waals surface area contributed by atoms with E-state index in [2.05, 4.69) is 15.1 Å². The van der Waals surface area contributed by atoms with Crippen LogP contribution in [0.15, 0.2) is 30.7 Å². The zero-order chi connectivity index (χ0) is 14.1. The monoisotopic (exact) mass is 273 g/mol. The van der Waals surface area contributed by atoms with Crippen LogP contribution in [0, 0.1) is 5.82 Å². The zero-order valence-corrected chi connectivity index (χ0v) is 10.7. The van der Waals surface area contributed by atoms with E-state index in [-0.39, 0.29) is 6.54 Å². The Kier molecular flexibility index (Phi) is 3.03. The number of benzene rings is 1. The number of fused-ring (bicyclic) bond motifs is 1. The third kappa shape index (κ3) is 1.97. The Bertz CT molecular complexity index is 771. The van der Waals surface area contributed by atoms with Crippen molar-refractivity contribution in [3.8, 4) is 11.6 Å². The second-order valence-electron chi connectivity index (χ2n) is 4.21. The van der Waals surface area contributed by atoms with Crippen LogP contribution in [0.3, 0.4) is 0 Å². The molecule has 0 fully saturated rings. The summed E-state index contributed by atoms with van der Waals surface area (Å²) in [5.74, 6) is 0.265. The van der Waals surface area contributed by atoms with E-state index in [4.69, 9.17) is 10.5 Å². The molecule has 102 valence electrons. The Morgan fingerprint density at radius 1 is 1.35 bits per heavy atom. The molecule has 3 aromatic rings. The van der Waals surface area contributed by atoms with Gasteiger partial charge in [-0.1, -0.05) is 6.07 Å². The van der Waals surface area contributed by atoms with Crippen molar-refractivity contribution in [3.63, 3.8) is 0 Å². The summed E-state index contributed by atoms with van der Waals surface area (Å²) in [6.45, 7) is 0.0449. The third-order valence-corrected chi connectivity index (χ3v) is 2.98. The van der Waals surface area contributed by atoms with Gasteiger partial charge in [0.1, 0.15) is 23.3 Å². The van der Waals surface area contributed by atoms with Crippen molar-refractivity contribution < 1.29 is 9.13 Å². The second kappa shape index (κ2) is 4.86. The molecule has 2 aromatic heterocycles. The lowest BCUT2D eigenvalue weighted by Gasteiger charge is -2.10. The standard InChI is InChI=1S/C13H12FN5O/c1-19-12-9(6-18-19)13(17-7-16-12)20-11-4-2-3-10(14)8(11)5-15/h2-4,6-7H,5,15H2,1H3. The molecular weight excluding hydrogens is 261 g/mol. The maximum atomic E-state index is 13.7. The first-order chi connectivity index (χ1) is 9.70. The van der Waals surface area contributed by atoms with Crippen LogP contribution in [0.25, 0.3) is 11.0 Å². The average Bonchev–Trinajstić information content (AvgIpc) is 2.82. The minimum atomic E-state index is -0.401. The van der Waals surface area contributed by atoms with Crippen LogP contribution in [0.5, 0.6) is 11.6 Å². The van der Waals surface area contributed by atoms with Crippen molar-refractivity contribution >= 4 is 11.0 Å². The molecule has 1 aromatic carbocycles. The van der Waals surface area contributed by atoms with E-state index in [1.54, 1.807) is 30.1 Å². The van der Waals surface area contributed by atoms with Gasteiger partial charge >= 0.3 is 0 Å². The first-order valence-electron chi connectivity index (χ1n) is 5.98. The van der Waals surface area contributed by atoms with Gasteiger partial charge in [-0.2, -0.15) is 5.10 Å². The highest BCUT2D eigenvalue weighted by atomic mass is 19.1. The summed E-state index contributed by atoms with van der Waals surface area (Å²) in [6.07, 6.45) is 2.98. The van der Waals surface area contributed by atoms with Crippen LogP contribution in [0.4, 0.5) is 4.39 Å². The molecule has 3 rings (SSSR count). The summed E-state index contributed by atoms with van der Waals surface area (Å²) in [4.78, 5) is 8.18. The SMILES string of the molecule is Cn1ncc2c(Oc3cccc(F)c3CN)ncnc21. The maximum Gasteiger partial charge on any atom is 0.233 e. The van der Waals surface area contributed by atoms with E-state index in [1.165, 1.54) is 12.4 Å². The fourth-order valence-corrected chi connectivity index (χ4v) is 1.96. The Hall–Kier alpha value is -2.54. The molecule has 0 aliphatic carbocycles. The number of ether oxygens (including phenoxy) is 1.